The van der Waals surface area contributed by atoms with Gasteiger partial charge < -0.3 is 35.4 Å². The van der Waals surface area contributed by atoms with Crippen LogP contribution in [0.25, 0.3) is 0 Å². The van der Waals surface area contributed by atoms with Crippen molar-refractivity contribution in [1.29, 1.82) is 0 Å². The molecule has 206 valence electrons. The van der Waals surface area contributed by atoms with E-state index in [1.807, 2.05) is 0 Å². The Kier molecular flexibility index (Phi) is 9.90. The first-order chi connectivity index (χ1) is 18.0. The van der Waals surface area contributed by atoms with Gasteiger partial charge in [-0.15, -0.1) is 11.3 Å². The highest BCUT2D eigenvalue weighted by Gasteiger charge is 2.36. The molecule has 1 aromatic heterocycles. The minimum atomic E-state index is -4.91. The maximum atomic E-state index is 13.9. The standard InChI is InChI=1S/C22H22ClF3N4O7S/c23-17-4-3-16(38-17)20(34)27-10-15(29-21(35)37-8-6-31)19(33)28-14-2-1-12(9-13(14)22(24,25)26)30-5-7-36-11-18(30)32/h1-4,9,15,31H,5-8,10-11H2,(H,27,34)(H,28,33)(H,29,35)/t15-/m0/s1. The smallest absolute Gasteiger partial charge is 0.418 e. The highest BCUT2D eigenvalue weighted by atomic mass is 35.5. The third-order valence-corrected chi connectivity index (χ3v) is 6.29. The van der Waals surface area contributed by atoms with Crippen LogP contribution in [0.1, 0.15) is 15.2 Å². The lowest BCUT2D eigenvalue weighted by Gasteiger charge is -2.28. The number of benzene rings is 1. The lowest BCUT2D eigenvalue weighted by atomic mass is 10.1. The van der Waals surface area contributed by atoms with Crippen LogP contribution < -0.4 is 20.9 Å². The molecule has 1 aromatic carbocycles. The number of alkyl halides is 3. The van der Waals surface area contributed by atoms with Gasteiger partial charge in [-0.2, -0.15) is 13.2 Å². The predicted octanol–water partition coefficient (Wildman–Crippen LogP) is 2.24. The van der Waals surface area contributed by atoms with Gasteiger partial charge in [-0.05, 0) is 30.3 Å². The summed E-state index contributed by atoms with van der Waals surface area (Å²) in [6, 6.07) is 4.26. The quantitative estimate of drug-likeness (QED) is 0.357. The monoisotopic (exact) mass is 578 g/mol. The number of aliphatic hydroxyl groups excluding tert-OH is 1. The molecule has 3 rings (SSSR count). The van der Waals surface area contributed by atoms with Gasteiger partial charge in [0, 0.05) is 18.8 Å². The molecule has 0 aliphatic carbocycles. The number of carbonyl (C=O) groups excluding carboxylic acids is 4. The van der Waals surface area contributed by atoms with Gasteiger partial charge in [0.25, 0.3) is 11.8 Å². The van der Waals surface area contributed by atoms with Crippen LogP contribution in [0.5, 0.6) is 0 Å². The Bertz CT molecular complexity index is 1190. The molecule has 1 aliphatic rings. The van der Waals surface area contributed by atoms with Gasteiger partial charge in [-0.1, -0.05) is 11.6 Å². The molecule has 0 radical (unpaired) electrons. The number of aliphatic hydroxyl groups is 1. The molecule has 16 heteroatoms. The van der Waals surface area contributed by atoms with Crippen molar-refractivity contribution in [3.63, 3.8) is 0 Å². The van der Waals surface area contributed by atoms with E-state index in [0.29, 0.717) is 4.34 Å². The number of carbonyl (C=O) groups is 4. The summed E-state index contributed by atoms with van der Waals surface area (Å²) in [6.45, 7) is -1.50. The van der Waals surface area contributed by atoms with Gasteiger partial charge in [0.05, 0.1) is 33.7 Å². The molecule has 2 heterocycles. The molecule has 4 amide bonds. The molecule has 38 heavy (non-hydrogen) atoms. The number of rotatable bonds is 9. The fourth-order valence-corrected chi connectivity index (χ4v) is 4.26. The van der Waals surface area contributed by atoms with E-state index < -0.39 is 67.0 Å². The Balaban J connectivity index is 1.81. The minimum absolute atomic E-state index is 0.0345. The number of hydrogen-bond donors (Lipinski definition) is 4. The number of morpholine rings is 1. The maximum absolute atomic E-state index is 13.9. The Hall–Kier alpha value is -3.40. The molecule has 1 saturated heterocycles. The zero-order chi connectivity index (χ0) is 27.9. The van der Waals surface area contributed by atoms with E-state index in [2.05, 4.69) is 20.7 Å². The van der Waals surface area contributed by atoms with Crippen LogP contribution in [0, 0.1) is 0 Å². The topological polar surface area (TPSA) is 146 Å². The third kappa shape index (κ3) is 7.80. The summed E-state index contributed by atoms with van der Waals surface area (Å²) >= 11 is 6.76. The van der Waals surface area contributed by atoms with Crippen LogP contribution >= 0.6 is 22.9 Å². The van der Waals surface area contributed by atoms with Gasteiger partial charge in [-0.25, -0.2) is 4.79 Å². The number of anilines is 2. The molecule has 0 spiro atoms. The van der Waals surface area contributed by atoms with Crippen molar-refractivity contribution in [3.05, 3.63) is 45.1 Å². The van der Waals surface area contributed by atoms with Crippen molar-refractivity contribution < 1.29 is 46.9 Å². The molecule has 2 aromatic rings. The molecule has 1 aliphatic heterocycles. The van der Waals surface area contributed by atoms with E-state index in [-0.39, 0.29) is 30.3 Å². The molecular formula is C22H22ClF3N4O7S. The first-order valence-corrected chi connectivity index (χ1v) is 12.2. The number of ether oxygens (including phenoxy) is 2. The number of alkyl carbamates (subject to hydrolysis) is 1. The first-order valence-electron chi connectivity index (χ1n) is 11.0. The van der Waals surface area contributed by atoms with Gasteiger partial charge in [0.15, 0.2) is 0 Å². The number of thiophene rings is 1. The van der Waals surface area contributed by atoms with Gasteiger partial charge in [-0.3, -0.25) is 14.4 Å². The highest BCUT2D eigenvalue weighted by molar-refractivity contribution is 7.18. The van der Waals surface area contributed by atoms with E-state index in [1.165, 1.54) is 18.2 Å². The Morgan fingerprint density at radius 3 is 2.63 bits per heavy atom. The second kappa shape index (κ2) is 12.9. The van der Waals surface area contributed by atoms with Crippen molar-refractivity contribution in [1.82, 2.24) is 10.6 Å². The summed E-state index contributed by atoms with van der Waals surface area (Å²) < 4.78 is 51.6. The van der Waals surface area contributed by atoms with Crippen LogP contribution in [-0.4, -0.2) is 74.5 Å². The third-order valence-electron chi connectivity index (χ3n) is 5.06. The molecule has 0 unspecified atom stereocenters. The average molecular weight is 579 g/mol. The number of hydrogen-bond acceptors (Lipinski definition) is 8. The Morgan fingerprint density at radius 1 is 1.24 bits per heavy atom. The van der Waals surface area contributed by atoms with E-state index in [9.17, 15) is 32.3 Å². The summed E-state index contributed by atoms with van der Waals surface area (Å²) in [7, 11) is 0. The SMILES string of the molecule is O=C(N[C@@H](CNC(=O)c1ccc(Cl)s1)C(=O)Nc1ccc(N2CCOCC2=O)cc1C(F)(F)F)OCCO. The minimum Gasteiger partial charge on any atom is -0.447 e. The van der Waals surface area contributed by atoms with E-state index in [1.54, 1.807) is 0 Å². The van der Waals surface area contributed by atoms with Gasteiger partial charge in [0.2, 0.25) is 5.91 Å². The van der Waals surface area contributed by atoms with Crippen molar-refractivity contribution in [3.8, 4) is 0 Å². The summed E-state index contributed by atoms with van der Waals surface area (Å²) in [6.07, 6.45) is -6.06. The van der Waals surface area contributed by atoms with Crippen LogP contribution in [0.2, 0.25) is 4.34 Å². The molecule has 1 fully saturated rings. The zero-order valence-corrected chi connectivity index (χ0v) is 21.0. The van der Waals surface area contributed by atoms with Crippen LogP contribution in [0.3, 0.4) is 0 Å². The summed E-state index contributed by atoms with van der Waals surface area (Å²) in [5, 5.41) is 15.5. The maximum Gasteiger partial charge on any atom is 0.418 e. The molecule has 0 bridgehead atoms. The number of amides is 4. The molecule has 0 saturated carbocycles. The van der Waals surface area contributed by atoms with Crippen molar-refractivity contribution in [2.45, 2.75) is 12.2 Å². The Morgan fingerprint density at radius 2 is 2.00 bits per heavy atom. The number of halogens is 4. The highest BCUT2D eigenvalue weighted by Crippen LogP contribution is 2.37. The van der Waals surface area contributed by atoms with Crippen LogP contribution in [0.15, 0.2) is 30.3 Å². The van der Waals surface area contributed by atoms with Crippen molar-refractivity contribution in [2.24, 2.45) is 0 Å². The van der Waals surface area contributed by atoms with E-state index >= 15 is 0 Å². The van der Waals surface area contributed by atoms with Gasteiger partial charge in [0.1, 0.15) is 19.3 Å². The summed E-state index contributed by atoms with van der Waals surface area (Å²) in [4.78, 5) is 50.7. The molecule has 1 atom stereocenters. The molecular weight excluding hydrogens is 557 g/mol. The fraction of sp³-hybridized carbons (Fsp3) is 0.364. The Labute approximate surface area is 222 Å². The van der Waals surface area contributed by atoms with Crippen LogP contribution in [0.4, 0.5) is 29.3 Å². The summed E-state index contributed by atoms with van der Waals surface area (Å²) in [5.41, 5.74) is -1.91. The molecule has 4 N–H and O–H groups in total. The van der Waals surface area contributed by atoms with Crippen molar-refractivity contribution in [2.75, 3.05) is 49.7 Å². The average Bonchev–Trinajstić information content (AvgIpc) is 3.31. The van der Waals surface area contributed by atoms with E-state index in [4.69, 9.17) is 21.4 Å². The number of nitrogens with zero attached hydrogens (tertiary/aromatic N) is 1. The fourth-order valence-electron chi connectivity index (χ4n) is 3.30. The normalized spacial score (nSPS) is 14.6. The number of nitrogens with one attached hydrogen (secondary N) is 3. The lowest BCUT2D eigenvalue weighted by molar-refractivity contribution is -0.137. The summed E-state index contributed by atoms with van der Waals surface area (Å²) in [5.74, 6) is -2.26. The predicted molar refractivity (Wildman–Crippen MR) is 130 cm³/mol. The lowest BCUT2D eigenvalue weighted by Crippen LogP contribution is -2.51. The van der Waals surface area contributed by atoms with E-state index in [0.717, 1.165) is 28.4 Å². The molecule has 11 nitrogen and oxygen atoms in total. The van der Waals surface area contributed by atoms with Crippen LogP contribution in [-0.2, 0) is 25.2 Å². The first kappa shape index (κ1) is 29.2. The van der Waals surface area contributed by atoms with Crippen molar-refractivity contribution >= 4 is 58.1 Å². The zero-order valence-electron chi connectivity index (χ0n) is 19.5. The second-order valence-corrected chi connectivity index (χ2v) is 9.40. The second-order valence-electron chi connectivity index (χ2n) is 7.69. The largest absolute Gasteiger partial charge is 0.447 e. The van der Waals surface area contributed by atoms with Gasteiger partial charge >= 0.3 is 12.3 Å².